The molecule has 0 aliphatic rings. The van der Waals surface area contributed by atoms with E-state index < -0.39 is 28.3 Å². The minimum absolute atomic E-state index is 0.169. The molecule has 1 aromatic carbocycles. The number of hydrogen-bond acceptors (Lipinski definition) is 6. The van der Waals surface area contributed by atoms with Crippen molar-refractivity contribution in [2.24, 2.45) is 5.73 Å². The summed E-state index contributed by atoms with van der Waals surface area (Å²) in [6, 6.07) is 8.14. The summed E-state index contributed by atoms with van der Waals surface area (Å²) in [5.74, 6) is 0.302. The van der Waals surface area contributed by atoms with Crippen molar-refractivity contribution in [1.82, 2.24) is 23.6 Å². The zero-order chi connectivity index (χ0) is 23.6. The molecule has 0 spiro atoms. The monoisotopic (exact) mass is 464 g/mol. The van der Waals surface area contributed by atoms with Crippen LogP contribution < -0.4 is 11.4 Å². The van der Waals surface area contributed by atoms with Gasteiger partial charge in [0.05, 0.1) is 11.4 Å². The highest BCUT2D eigenvalue weighted by atomic mass is 32.2. The molecule has 9 nitrogen and oxygen atoms in total. The van der Waals surface area contributed by atoms with Gasteiger partial charge in [0.1, 0.15) is 12.1 Å². The first-order valence-electron chi connectivity index (χ1n) is 9.43. The Kier molecular flexibility index (Phi) is 6.67. The third kappa shape index (κ3) is 4.52. The smallest absolute Gasteiger partial charge is 0.327 e. The number of sulfonamides is 1. The van der Waals surface area contributed by atoms with Gasteiger partial charge in [-0.25, -0.2) is 31.8 Å². The van der Waals surface area contributed by atoms with E-state index in [-0.39, 0.29) is 17.0 Å². The molecule has 0 unspecified atom stereocenters. The van der Waals surface area contributed by atoms with Crippen LogP contribution in [0.2, 0.25) is 0 Å². The fraction of sp³-hybridized carbons (Fsp3) is 0.250. The number of aromatic nitrogens is 4. The largest absolute Gasteiger partial charge is 0.351 e. The summed E-state index contributed by atoms with van der Waals surface area (Å²) in [7, 11) is -0.615. The molecule has 2 aromatic heterocycles. The van der Waals surface area contributed by atoms with E-state index in [0.29, 0.717) is 16.9 Å². The summed E-state index contributed by atoms with van der Waals surface area (Å²) in [4.78, 5) is 17.1. The molecule has 32 heavy (non-hydrogen) atoms. The molecule has 0 bridgehead atoms. The van der Waals surface area contributed by atoms with Gasteiger partial charge in [-0.2, -0.15) is 13.9 Å². The van der Waals surface area contributed by atoms with Gasteiger partial charge in [-0.15, -0.1) is 0 Å². The highest BCUT2D eigenvalue weighted by molar-refractivity contribution is 7.89. The van der Waals surface area contributed by atoms with E-state index in [0.717, 1.165) is 19.1 Å². The number of hydrogen-bond donors (Lipinski definition) is 1. The van der Waals surface area contributed by atoms with Gasteiger partial charge in [-0.1, -0.05) is 12.1 Å². The number of aryl methyl sites for hydroxylation is 1. The molecular formula is C20H22F2N6O3S. The number of benzene rings is 1. The molecule has 2 N–H and O–H groups in total. The van der Waals surface area contributed by atoms with Crippen molar-refractivity contribution in [1.29, 1.82) is 0 Å². The van der Waals surface area contributed by atoms with Crippen molar-refractivity contribution < 1.29 is 17.2 Å². The summed E-state index contributed by atoms with van der Waals surface area (Å²) in [6.07, 6.45) is 0.813. The summed E-state index contributed by atoms with van der Waals surface area (Å²) >= 11 is 0. The lowest BCUT2D eigenvalue weighted by Gasteiger charge is -2.12. The molecule has 0 aliphatic carbocycles. The second-order valence-corrected chi connectivity index (χ2v) is 9.34. The molecule has 0 amide bonds. The van der Waals surface area contributed by atoms with Gasteiger partial charge >= 0.3 is 5.69 Å². The summed E-state index contributed by atoms with van der Waals surface area (Å²) < 4.78 is 53.3. The maximum absolute atomic E-state index is 12.8. The molecule has 0 saturated heterocycles. The fourth-order valence-corrected chi connectivity index (χ4v) is 3.88. The zero-order valence-electron chi connectivity index (χ0n) is 17.7. The minimum atomic E-state index is -3.53. The van der Waals surface area contributed by atoms with Gasteiger partial charge in [0.25, 0.3) is 6.08 Å². The molecule has 0 fully saturated rings. The molecule has 0 saturated carbocycles. The van der Waals surface area contributed by atoms with Crippen molar-refractivity contribution in [3.63, 3.8) is 0 Å². The number of halogens is 2. The Balaban J connectivity index is 1.91. The Morgan fingerprint density at radius 3 is 2.34 bits per heavy atom. The van der Waals surface area contributed by atoms with Crippen LogP contribution in [-0.4, -0.2) is 52.7 Å². The Morgan fingerprint density at radius 1 is 1.16 bits per heavy atom. The van der Waals surface area contributed by atoms with E-state index in [1.807, 2.05) is 0 Å². The number of nitrogens with two attached hydrogens (primary N) is 1. The molecular weight excluding hydrogens is 442 g/mol. The third-order valence-electron chi connectivity index (χ3n) is 4.83. The highest BCUT2D eigenvalue weighted by Crippen LogP contribution is 2.24. The lowest BCUT2D eigenvalue weighted by Crippen LogP contribution is -2.27. The van der Waals surface area contributed by atoms with Crippen molar-refractivity contribution in [3.8, 4) is 16.9 Å². The summed E-state index contributed by atoms with van der Waals surface area (Å²) in [5.41, 5.74) is 6.39. The van der Waals surface area contributed by atoms with Crippen molar-refractivity contribution in [2.45, 2.75) is 18.4 Å². The second kappa shape index (κ2) is 9.10. The van der Waals surface area contributed by atoms with Crippen molar-refractivity contribution >= 4 is 10.0 Å². The normalized spacial score (nSPS) is 11.7. The van der Waals surface area contributed by atoms with E-state index >= 15 is 0 Å². The number of pyridine rings is 1. The van der Waals surface area contributed by atoms with Gasteiger partial charge in [0, 0.05) is 38.0 Å². The van der Waals surface area contributed by atoms with Gasteiger partial charge in [-0.3, -0.25) is 0 Å². The topological polar surface area (TPSA) is 116 Å². The van der Waals surface area contributed by atoms with Crippen LogP contribution in [0.4, 0.5) is 8.78 Å². The van der Waals surface area contributed by atoms with Gasteiger partial charge in [0.2, 0.25) is 10.0 Å². The predicted molar refractivity (Wildman–Crippen MR) is 115 cm³/mol. The van der Waals surface area contributed by atoms with Crippen LogP contribution >= 0.6 is 0 Å². The second-order valence-electron chi connectivity index (χ2n) is 7.19. The Bertz CT molecular complexity index is 1320. The van der Waals surface area contributed by atoms with Gasteiger partial charge in [0.15, 0.2) is 0 Å². The molecule has 3 rings (SSSR count). The summed E-state index contributed by atoms with van der Waals surface area (Å²) in [5, 5.41) is 3.87. The molecule has 12 heteroatoms. The lowest BCUT2D eigenvalue weighted by molar-refractivity contribution is 0.400. The SMILES string of the molecule is Cc1cc(-c2ccc(S(=O)(=O)N(C)C)cc2)cnc1-n1cnn(CC(CN)=C(F)F)c1=O. The first kappa shape index (κ1) is 23.4. The van der Waals surface area contributed by atoms with E-state index in [9.17, 15) is 22.0 Å². The van der Waals surface area contributed by atoms with Gasteiger partial charge < -0.3 is 5.73 Å². The van der Waals surface area contributed by atoms with E-state index in [2.05, 4.69) is 10.1 Å². The van der Waals surface area contributed by atoms with Crippen LogP contribution in [0.25, 0.3) is 16.9 Å². The van der Waals surface area contributed by atoms with Crippen LogP contribution in [0.5, 0.6) is 0 Å². The predicted octanol–water partition coefficient (Wildman–Crippen LogP) is 1.76. The van der Waals surface area contributed by atoms with Crippen LogP contribution in [0.3, 0.4) is 0 Å². The fourth-order valence-electron chi connectivity index (χ4n) is 2.98. The minimum Gasteiger partial charge on any atom is -0.327 e. The summed E-state index contributed by atoms with van der Waals surface area (Å²) in [6.45, 7) is 0.944. The average Bonchev–Trinajstić information content (AvgIpc) is 3.11. The van der Waals surface area contributed by atoms with Crippen LogP contribution in [0.1, 0.15) is 5.56 Å². The quantitative estimate of drug-likeness (QED) is 0.570. The van der Waals surface area contributed by atoms with Crippen LogP contribution in [0, 0.1) is 6.92 Å². The maximum atomic E-state index is 12.8. The first-order chi connectivity index (χ1) is 15.1. The lowest BCUT2D eigenvalue weighted by atomic mass is 10.1. The van der Waals surface area contributed by atoms with Gasteiger partial charge in [-0.05, 0) is 36.2 Å². The molecule has 0 atom stereocenters. The molecule has 2 heterocycles. The van der Waals surface area contributed by atoms with Crippen LogP contribution in [-0.2, 0) is 16.6 Å². The number of rotatable bonds is 7. The highest BCUT2D eigenvalue weighted by Gasteiger charge is 2.17. The van der Waals surface area contributed by atoms with E-state index in [4.69, 9.17) is 5.73 Å². The van der Waals surface area contributed by atoms with E-state index in [1.165, 1.54) is 38.8 Å². The molecule has 170 valence electrons. The Hall–Kier alpha value is -3.22. The molecule has 0 radical (unpaired) electrons. The maximum Gasteiger partial charge on any atom is 0.351 e. The van der Waals surface area contributed by atoms with Crippen LogP contribution in [0.15, 0.2) is 64.2 Å². The average molecular weight is 464 g/mol. The Morgan fingerprint density at radius 2 is 1.81 bits per heavy atom. The Labute approximate surface area is 183 Å². The van der Waals surface area contributed by atoms with E-state index in [1.54, 1.807) is 25.1 Å². The molecule has 3 aromatic rings. The van der Waals surface area contributed by atoms with Crippen molar-refractivity contribution in [2.75, 3.05) is 20.6 Å². The molecule has 0 aliphatic heterocycles. The van der Waals surface area contributed by atoms with Crippen molar-refractivity contribution in [3.05, 3.63) is 70.6 Å². The number of nitrogens with zero attached hydrogens (tertiary/aromatic N) is 5. The standard InChI is InChI=1S/C20H22F2N6O3S/c1-13-8-15(14-4-6-17(7-5-14)32(30,31)26(2)3)10-24-19(13)27-12-25-28(20(27)29)11-16(9-23)18(21)22/h4-8,10,12H,9,11,23H2,1-3H3. The first-order valence-corrected chi connectivity index (χ1v) is 10.9. The zero-order valence-corrected chi connectivity index (χ0v) is 18.5. The third-order valence-corrected chi connectivity index (χ3v) is 6.66.